The molecule has 1 aliphatic rings. The second-order valence-corrected chi connectivity index (χ2v) is 26.2. The van der Waals surface area contributed by atoms with Crippen molar-refractivity contribution in [3.05, 3.63) is 194 Å². The van der Waals surface area contributed by atoms with Gasteiger partial charge in [0.1, 0.15) is 5.82 Å². The van der Waals surface area contributed by atoms with E-state index in [2.05, 4.69) is 255 Å². The van der Waals surface area contributed by atoms with E-state index in [1.54, 1.807) is 0 Å². The molecule has 0 radical (unpaired) electrons. The van der Waals surface area contributed by atoms with Crippen molar-refractivity contribution in [1.82, 2.24) is 18.7 Å². The van der Waals surface area contributed by atoms with Gasteiger partial charge in [0.2, 0.25) is 0 Å². The molecule has 0 fully saturated rings. The van der Waals surface area contributed by atoms with Gasteiger partial charge in [-0.25, -0.2) is 4.98 Å². The molecule has 0 spiro atoms. The number of aryl methyl sites for hydroxylation is 2. The second-order valence-electron chi connectivity index (χ2n) is 21.1. The predicted molar refractivity (Wildman–Crippen MR) is 299 cm³/mol. The Morgan fingerprint density at radius 3 is 1.75 bits per heavy atom. The van der Waals surface area contributed by atoms with Gasteiger partial charge in [-0.3, -0.25) is 0 Å². The topological polar surface area (TPSA) is 43.4 Å². The van der Waals surface area contributed by atoms with Gasteiger partial charge in [0, 0.05) is 108 Å². The van der Waals surface area contributed by atoms with Crippen LogP contribution in [0.3, 0.4) is 0 Å². The average Bonchev–Trinajstić information content (AvgIpc) is 4.09. The Kier molecular flexibility index (Phi) is 10.7. The van der Waals surface area contributed by atoms with Crippen LogP contribution in [0, 0.1) is 18.8 Å². The molecule has 5 heterocycles. The summed E-state index contributed by atoms with van der Waals surface area (Å²) in [6.45, 7) is 16.2. The molecule has 0 bridgehead atoms. The van der Waals surface area contributed by atoms with Crippen molar-refractivity contribution in [2.45, 2.75) is 45.8 Å². The third-order valence-corrected chi connectivity index (χ3v) is 16.7. The van der Waals surface area contributed by atoms with E-state index in [1.165, 1.54) is 54.4 Å². The fourth-order valence-electron chi connectivity index (χ4n) is 11.1. The molecular formula is C63H53N6OPtSi-3. The van der Waals surface area contributed by atoms with Crippen molar-refractivity contribution >= 4 is 101 Å². The van der Waals surface area contributed by atoms with E-state index in [0.717, 1.165) is 61.5 Å². The Balaban J connectivity index is 0.00000530. The normalized spacial score (nSPS) is 13.1. The first kappa shape index (κ1) is 45.7. The molecule has 0 amide bonds. The molecule has 0 atom stereocenters. The summed E-state index contributed by atoms with van der Waals surface area (Å²) in [5.41, 5.74) is 14.4. The van der Waals surface area contributed by atoms with E-state index in [-0.39, 0.29) is 26.5 Å². The minimum atomic E-state index is -1.91. The summed E-state index contributed by atoms with van der Waals surface area (Å²) in [5, 5.41) is 8.44. The Labute approximate surface area is 435 Å². The van der Waals surface area contributed by atoms with E-state index >= 15 is 0 Å². The van der Waals surface area contributed by atoms with E-state index in [1.807, 2.05) is 12.3 Å². The van der Waals surface area contributed by atoms with Crippen LogP contribution in [0.5, 0.6) is 11.5 Å². The van der Waals surface area contributed by atoms with Gasteiger partial charge >= 0.3 is 0 Å². The number of nitrogens with zero attached hydrogens (tertiary/aromatic N) is 6. The van der Waals surface area contributed by atoms with Crippen LogP contribution >= 0.6 is 0 Å². The molecule has 0 aliphatic carbocycles. The fourth-order valence-corrected chi connectivity index (χ4v) is 12.3. The second kappa shape index (κ2) is 16.9. The molecule has 0 saturated heterocycles. The zero-order valence-corrected chi connectivity index (χ0v) is 44.9. The minimum Gasteiger partial charge on any atom is -0.509 e. The van der Waals surface area contributed by atoms with Crippen LogP contribution in [0.2, 0.25) is 19.6 Å². The fraction of sp³-hybridized carbons (Fsp3) is 0.143. The first-order valence-electron chi connectivity index (χ1n) is 24.5. The number of rotatable bonds is 7. The molecule has 4 aromatic heterocycles. The molecule has 0 saturated carbocycles. The van der Waals surface area contributed by atoms with Gasteiger partial charge < -0.3 is 28.2 Å². The summed E-state index contributed by atoms with van der Waals surface area (Å²) >= 11 is 0. The third kappa shape index (κ3) is 7.13. The van der Waals surface area contributed by atoms with Gasteiger partial charge in [-0.15, -0.1) is 42.0 Å². The van der Waals surface area contributed by atoms with Crippen LogP contribution in [-0.4, -0.2) is 26.8 Å². The van der Waals surface area contributed by atoms with Crippen molar-refractivity contribution in [2.75, 3.05) is 9.80 Å². The van der Waals surface area contributed by atoms with Gasteiger partial charge in [0.05, 0.1) is 24.8 Å². The van der Waals surface area contributed by atoms with Gasteiger partial charge in [-0.05, 0) is 64.4 Å². The number of para-hydroxylation sites is 5. The number of aromatic nitrogens is 4. The molecule has 9 heteroatoms. The van der Waals surface area contributed by atoms with Crippen LogP contribution in [0.4, 0.5) is 22.7 Å². The van der Waals surface area contributed by atoms with E-state index in [4.69, 9.17) is 9.72 Å². The molecule has 358 valence electrons. The van der Waals surface area contributed by atoms with Gasteiger partial charge in [0.15, 0.2) is 0 Å². The smallest absolute Gasteiger partial charge is 0.135 e. The van der Waals surface area contributed by atoms with Crippen molar-refractivity contribution in [1.29, 1.82) is 0 Å². The van der Waals surface area contributed by atoms with E-state index < -0.39 is 8.07 Å². The largest absolute Gasteiger partial charge is 0.509 e. The molecule has 72 heavy (non-hydrogen) atoms. The molecule has 1 aliphatic heterocycles. The number of hydrogen-bond acceptors (Lipinski definition) is 4. The van der Waals surface area contributed by atoms with Crippen LogP contribution in [0.25, 0.3) is 82.4 Å². The number of benzene rings is 8. The van der Waals surface area contributed by atoms with Crippen molar-refractivity contribution in [3.8, 4) is 28.4 Å². The van der Waals surface area contributed by atoms with Crippen LogP contribution < -0.4 is 19.7 Å². The van der Waals surface area contributed by atoms with Crippen LogP contribution in [0.1, 0.15) is 26.3 Å². The summed E-state index contributed by atoms with van der Waals surface area (Å²) in [5.74, 6) is 2.10. The summed E-state index contributed by atoms with van der Waals surface area (Å²) in [4.78, 5) is 9.87. The SMILES string of the molecule is Cn1c2ccccc2c2cc3c4ccccc4n(C)c3c(N3[CH-]N(c4[c-]c(Oc5[c-]c6c(cc5)c5ccccc5n6-c5cc(C(C)(C)C)c(-c6ccccc6)cn5)cc([Si](C)(C)C)c4)c4ccccc43)c21.[Pt]. The zero-order chi connectivity index (χ0) is 48.5. The Hall–Kier alpha value is -7.38. The first-order valence-corrected chi connectivity index (χ1v) is 28.0. The van der Waals surface area contributed by atoms with Crippen LogP contribution in [0.15, 0.2) is 170 Å². The summed E-state index contributed by atoms with van der Waals surface area (Å²) in [6, 6.07) is 66.3. The minimum absolute atomic E-state index is 0. The Morgan fingerprint density at radius 1 is 0.556 bits per heavy atom. The van der Waals surface area contributed by atoms with Crippen LogP contribution in [-0.2, 0) is 40.6 Å². The molecule has 0 unspecified atom stereocenters. The number of pyridine rings is 1. The zero-order valence-electron chi connectivity index (χ0n) is 41.7. The average molecular weight is 1130 g/mol. The van der Waals surface area contributed by atoms with Crippen molar-refractivity contribution in [3.63, 3.8) is 0 Å². The monoisotopic (exact) mass is 1130 g/mol. The predicted octanol–water partition coefficient (Wildman–Crippen LogP) is 15.8. The molecule has 0 N–H and O–H groups in total. The Bertz CT molecular complexity index is 4040. The summed E-state index contributed by atoms with van der Waals surface area (Å²) in [6.07, 6.45) is 2.03. The standard InChI is InChI=1S/C63H53N6OSi.Pt/c1-63(2,3)52-37-59(64-38-51(52)40-20-10-9-11-21-40)69-55-27-17-14-22-45(55)48-31-30-42(35-58(48)69)70-43-32-41(33-44(34-43)71(6,7)8)67-39-68(57-29-19-18-28-56(57)67)62-60-49(46-23-12-15-25-53(46)65(60)4)36-50-47-24-13-16-26-54(47)66(5)61(50)62;/h9-31,33-34,36-39H,1-8H3;/q-3;. The number of anilines is 4. The maximum atomic E-state index is 6.99. The summed E-state index contributed by atoms with van der Waals surface area (Å²) in [7, 11) is 2.49. The van der Waals surface area contributed by atoms with E-state index in [0.29, 0.717) is 11.5 Å². The number of hydrogen-bond donors (Lipinski definition) is 0. The maximum Gasteiger partial charge on any atom is 0.135 e. The first-order chi connectivity index (χ1) is 34.3. The van der Waals surface area contributed by atoms with E-state index in [9.17, 15) is 0 Å². The van der Waals surface area contributed by atoms with Gasteiger partial charge in [0.25, 0.3) is 0 Å². The number of ether oxygens (including phenoxy) is 1. The molecular weight excluding hydrogens is 1080 g/mol. The molecule has 7 nitrogen and oxygen atoms in total. The Morgan fingerprint density at radius 2 is 1.12 bits per heavy atom. The summed E-state index contributed by atoms with van der Waals surface area (Å²) < 4.78 is 14.0. The van der Waals surface area contributed by atoms with Gasteiger partial charge in [-0.2, -0.15) is 17.3 Å². The van der Waals surface area contributed by atoms with Crippen molar-refractivity contribution in [2.24, 2.45) is 14.1 Å². The molecule has 13 rings (SSSR count). The number of fused-ring (bicyclic) bond motifs is 10. The maximum absolute atomic E-state index is 6.99. The van der Waals surface area contributed by atoms with Crippen molar-refractivity contribution < 1.29 is 25.8 Å². The quantitative estimate of drug-likeness (QED) is 0.118. The molecule has 8 aromatic carbocycles. The van der Waals surface area contributed by atoms with Gasteiger partial charge in [-0.1, -0.05) is 143 Å². The molecule has 12 aromatic rings. The third-order valence-electron chi connectivity index (χ3n) is 14.6.